The van der Waals surface area contributed by atoms with Crippen LogP contribution in [-0.2, 0) is 0 Å². The smallest absolute Gasteiger partial charge is 0.237 e. The second kappa shape index (κ2) is 6.44. The predicted octanol–water partition coefficient (Wildman–Crippen LogP) is 2.02. The summed E-state index contributed by atoms with van der Waals surface area (Å²) in [5.74, 6) is 0. The highest BCUT2D eigenvalue weighted by Gasteiger charge is 1.57. The zero-order valence-corrected chi connectivity index (χ0v) is 4.77. The lowest BCUT2D eigenvalue weighted by molar-refractivity contribution is 1.48. The Morgan fingerprint density at radius 2 is 1.00 bits per heavy atom. The molecule has 9 heavy (non-hydrogen) atoms. The maximum Gasteiger partial charge on any atom is 0.237 e. The van der Waals surface area contributed by atoms with E-state index in [1.54, 1.807) is 0 Å². The van der Waals surface area contributed by atoms with Crippen molar-refractivity contribution < 1.29 is 0 Å². The van der Waals surface area contributed by atoms with Crippen molar-refractivity contribution in [2.24, 2.45) is 0 Å². The molecule has 0 atom stereocenters. The summed E-state index contributed by atoms with van der Waals surface area (Å²) in [5.41, 5.74) is 0. The monoisotopic (exact) mass is 122 g/mol. The first kappa shape index (κ1) is 7.44. The van der Waals surface area contributed by atoms with E-state index in [9.17, 15) is 0 Å². The molecule has 0 unspecified atom stereocenters. The number of hydrogen-bond donors (Lipinski definition) is 0. The molecule has 0 amide bonds. The predicted molar refractivity (Wildman–Crippen MR) is 34.9 cm³/mol. The van der Waals surface area contributed by atoms with Crippen LogP contribution in [0.25, 0.3) is 5.14 Å². The van der Waals surface area contributed by atoms with Crippen molar-refractivity contribution in [3.8, 4) is 0 Å². The van der Waals surface area contributed by atoms with Gasteiger partial charge >= 0.3 is 0 Å². The molecule has 0 saturated heterocycles. The minimum atomic E-state index is 1.25. The van der Waals surface area contributed by atoms with Crippen LogP contribution in [0.1, 0.15) is 0 Å². The fraction of sp³-hybridized carbons (Fsp3) is 0. The molecule has 46 valence electrons. The van der Waals surface area contributed by atoms with Gasteiger partial charge in [-0.25, -0.2) is 0 Å². The third kappa shape index (κ3) is 6.44. The largest absolute Gasteiger partial charge is 0.463 e. The molecule has 0 heterocycles. The highest BCUT2D eigenvalue weighted by molar-refractivity contribution is 4.99. The van der Waals surface area contributed by atoms with Gasteiger partial charge in [-0.1, -0.05) is 36.4 Å². The highest BCUT2D eigenvalue weighted by Crippen LogP contribution is 1.79. The molecule has 3 heteroatoms. The Bertz CT molecular complexity index is 141. The first-order valence-electron chi connectivity index (χ1n) is 2.38. The van der Waals surface area contributed by atoms with Gasteiger partial charge in [-0.3, -0.25) is 0 Å². The minimum absolute atomic E-state index is 1.25. The summed E-state index contributed by atoms with van der Waals surface area (Å²) < 4.78 is 0. The molecule has 0 radical (unpaired) electrons. The van der Waals surface area contributed by atoms with Gasteiger partial charge in [0, 0.05) is 0 Å². The molecular weight excluding hydrogens is 116 g/mol. The number of benzene rings is 1. The fourth-order valence-electron chi connectivity index (χ4n) is 0.385. The van der Waals surface area contributed by atoms with E-state index in [4.69, 9.17) is 10.6 Å². The van der Waals surface area contributed by atoms with Gasteiger partial charge in [0.2, 0.25) is 10.5 Å². The van der Waals surface area contributed by atoms with Gasteiger partial charge in [-0.15, -0.1) is 0 Å². The zero-order valence-electron chi connectivity index (χ0n) is 4.77. The molecule has 3 nitrogen and oxygen atoms in total. The zero-order chi connectivity index (χ0) is 6.95. The summed E-state index contributed by atoms with van der Waals surface area (Å²) >= 11 is 0. The summed E-state index contributed by atoms with van der Waals surface area (Å²) in [5, 5.41) is 16.0. The van der Waals surface area contributed by atoms with E-state index in [0.717, 1.165) is 0 Å². The Kier molecular flexibility index (Phi) is 5.32. The van der Waals surface area contributed by atoms with Crippen LogP contribution in [0, 0.1) is 10.6 Å². The van der Waals surface area contributed by atoms with Crippen molar-refractivity contribution in [2.75, 3.05) is 0 Å². The Labute approximate surface area is 53.1 Å². The molecule has 0 aliphatic heterocycles. The molecular formula is C6H6N2O. The topological polar surface area (TPSA) is 51.2 Å². The number of nitrogens with zero attached hydrogens (tertiary/aromatic N) is 2. The van der Waals surface area contributed by atoms with E-state index in [2.05, 4.69) is 0 Å². The highest BCUT2D eigenvalue weighted by atomic mass is 16.4. The molecule has 0 N–H and O–H groups in total. The van der Waals surface area contributed by atoms with Gasteiger partial charge in [0.25, 0.3) is 0 Å². The molecule has 0 aliphatic carbocycles. The van der Waals surface area contributed by atoms with Crippen LogP contribution < -0.4 is 0 Å². The average Bonchev–Trinajstić information content (AvgIpc) is 1.93. The Morgan fingerprint density at radius 3 is 1.11 bits per heavy atom. The van der Waals surface area contributed by atoms with Crippen molar-refractivity contribution in [2.45, 2.75) is 0 Å². The molecule has 0 saturated carbocycles. The van der Waals surface area contributed by atoms with Crippen LogP contribution in [0.2, 0.25) is 0 Å². The number of diazo groups is 1. The van der Waals surface area contributed by atoms with E-state index in [0.29, 0.717) is 0 Å². The molecule has 0 aliphatic rings. The SMILES string of the molecule is N#[N+][O-].c1ccccc1. The van der Waals surface area contributed by atoms with Crippen molar-refractivity contribution in [1.82, 2.24) is 0 Å². The van der Waals surface area contributed by atoms with E-state index in [-0.39, 0.29) is 0 Å². The lowest BCUT2D eigenvalue weighted by Crippen LogP contribution is -1.47. The van der Waals surface area contributed by atoms with Gasteiger partial charge in [-0.2, -0.15) is 0 Å². The maximum atomic E-state index is 8.11. The average molecular weight is 122 g/mol. The molecule has 1 aromatic carbocycles. The minimum Gasteiger partial charge on any atom is -0.463 e. The fourth-order valence-corrected chi connectivity index (χ4v) is 0.385. The summed E-state index contributed by atoms with van der Waals surface area (Å²) in [7, 11) is 0. The summed E-state index contributed by atoms with van der Waals surface area (Å²) in [6.45, 7) is 0. The van der Waals surface area contributed by atoms with Crippen LogP contribution in [0.3, 0.4) is 0 Å². The number of hydrogen-bond acceptors (Lipinski definition) is 2. The Balaban J connectivity index is 0.000000187. The van der Waals surface area contributed by atoms with Crippen molar-refractivity contribution >= 4 is 0 Å². The number of rotatable bonds is 0. The summed E-state index contributed by atoms with van der Waals surface area (Å²) in [4.78, 5) is 0. The van der Waals surface area contributed by atoms with Gasteiger partial charge < -0.3 is 5.21 Å². The van der Waals surface area contributed by atoms with Gasteiger partial charge in [-0.05, 0) is 0 Å². The first-order chi connectivity index (χ1) is 4.41. The molecule has 0 spiro atoms. The summed E-state index contributed by atoms with van der Waals surface area (Å²) in [6, 6.07) is 12.0. The molecule has 0 aromatic heterocycles. The van der Waals surface area contributed by atoms with E-state index in [1.165, 1.54) is 5.14 Å². The normalized spacial score (nSPS) is 6.11. The van der Waals surface area contributed by atoms with Crippen LogP contribution in [-0.4, -0.2) is 0 Å². The molecule has 1 aromatic rings. The standard InChI is InChI=1S/C6H6.N2O/c1-2-4-6-5-3-1;1-2-3/h1-6H;. The van der Waals surface area contributed by atoms with Crippen LogP contribution in [0.4, 0.5) is 0 Å². The van der Waals surface area contributed by atoms with E-state index in [1.807, 2.05) is 36.4 Å². The van der Waals surface area contributed by atoms with Crippen molar-refractivity contribution in [1.29, 1.82) is 5.39 Å². The van der Waals surface area contributed by atoms with Crippen LogP contribution in [0.15, 0.2) is 36.4 Å². The van der Waals surface area contributed by atoms with Crippen molar-refractivity contribution in [3.05, 3.63) is 46.7 Å². The Hall–Kier alpha value is -1.56. The second-order valence-electron chi connectivity index (χ2n) is 1.24. The van der Waals surface area contributed by atoms with E-state index < -0.39 is 0 Å². The van der Waals surface area contributed by atoms with Crippen LogP contribution >= 0.6 is 0 Å². The lowest BCUT2D eigenvalue weighted by Gasteiger charge is -1.69. The van der Waals surface area contributed by atoms with E-state index >= 15 is 0 Å². The van der Waals surface area contributed by atoms with Crippen LogP contribution in [0.5, 0.6) is 0 Å². The second-order valence-corrected chi connectivity index (χ2v) is 1.24. The Morgan fingerprint density at radius 1 is 0.889 bits per heavy atom. The third-order valence-electron chi connectivity index (χ3n) is 0.667. The molecule has 0 fully saturated rings. The maximum absolute atomic E-state index is 8.11. The van der Waals surface area contributed by atoms with Gasteiger partial charge in [0.15, 0.2) is 0 Å². The molecule has 0 bridgehead atoms. The van der Waals surface area contributed by atoms with Gasteiger partial charge in [0.05, 0.1) is 0 Å². The quantitative estimate of drug-likeness (QED) is 0.390. The summed E-state index contributed by atoms with van der Waals surface area (Å²) in [6.07, 6.45) is 0. The third-order valence-corrected chi connectivity index (χ3v) is 0.667. The lowest BCUT2D eigenvalue weighted by atomic mass is 10.4. The molecule has 1 rings (SSSR count). The first-order valence-corrected chi connectivity index (χ1v) is 2.38. The van der Waals surface area contributed by atoms with Gasteiger partial charge in [0.1, 0.15) is 0 Å². The van der Waals surface area contributed by atoms with Crippen molar-refractivity contribution in [3.63, 3.8) is 0 Å².